The quantitative estimate of drug-likeness (QED) is 0.681. The van der Waals surface area contributed by atoms with Crippen LogP contribution in [0.15, 0.2) is 47.3 Å². The first-order chi connectivity index (χ1) is 14.0. The molecule has 8 heteroatoms. The van der Waals surface area contributed by atoms with Crippen molar-refractivity contribution in [3.63, 3.8) is 0 Å². The molecule has 1 aliphatic heterocycles. The first-order valence-electron chi connectivity index (χ1n) is 9.48. The lowest BCUT2D eigenvalue weighted by molar-refractivity contribution is 0.0746. The number of piperazine rings is 1. The molecule has 3 aromatic rings. The van der Waals surface area contributed by atoms with Crippen molar-refractivity contribution in [3.05, 3.63) is 70.0 Å². The Bertz CT molecular complexity index is 1140. The van der Waals surface area contributed by atoms with Crippen molar-refractivity contribution in [2.75, 3.05) is 31.1 Å². The third-order valence-electron chi connectivity index (χ3n) is 5.18. The molecule has 0 atom stereocenters. The first kappa shape index (κ1) is 19.0. The Hall–Kier alpha value is -3.29. The molecular weight excluding hydrogens is 378 g/mol. The summed E-state index contributed by atoms with van der Waals surface area (Å²) < 4.78 is 28.2. The van der Waals surface area contributed by atoms with Gasteiger partial charge in [0.15, 0.2) is 17.5 Å². The number of carbonyl (C=O) groups excluding carboxylic acids is 1. The molecule has 0 bridgehead atoms. The van der Waals surface area contributed by atoms with Crippen molar-refractivity contribution in [1.82, 2.24) is 14.5 Å². The average molecular weight is 398 g/mol. The third kappa shape index (κ3) is 3.46. The maximum absolute atomic E-state index is 13.4. The van der Waals surface area contributed by atoms with Gasteiger partial charge in [-0.15, -0.1) is 0 Å². The Balaban J connectivity index is 1.55. The van der Waals surface area contributed by atoms with Crippen LogP contribution in [-0.4, -0.2) is 46.5 Å². The van der Waals surface area contributed by atoms with Crippen molar-refractivity contribution in [1.29, 1.82) is 0 Å². The fourth-order valence-electron chi connectivity index (χ4n) is 3.63. The zero-order chi connectivity index (χ0) is 20.5. The molecule has 1 fully saturated rings. The predicted octanol–water partition coefficient (Wildman–Crippen LogP) is 2.66. The normalized spacial score (nSPS) is 14.4. The number of hydrogen-bond acceptors (Lipinski definition) is 4. The molecule has 0 spiro atoms. The molecule has 1 aliphatic rings. The molecule has 0 unspecified atom stereocenters. The number of halogens is 2. The molecule has 1 aromatic heterocycles. The van der Waals surface area contributed by atoms with Crippen molar-refractivity contribution in [2.45, 2.75) is 13.5 Å². The van der Waals surface area contributed by atoms with Crippen LogP contribution in [0.1, 0.15) is 17.3 Å². The second kappa shape index (κ2) is 7.62. The summed E-state index contributed by atoms with van der Waals surface area (Å²) in [6, 6.07) is 10.6. The maximum atomic E-state index is 13.4. The van der Waals surface area contributed by atoms with Gasteiger partial charge >= 0.3 is 0 Å². The second-order valence-electron chi connectivity index (χ2n) is 6.88. The highest BCUT2D eigenvalue weighted by Crippen LogP contribution is 2.17. The first-order valence-corrected chi connectivity index (χ1v) is 9.48. The molecule has 2 heterocycles. The Labute approximate surface area is 166 Å². The fraction of sp³-hybridized carbons (Fsp3) is 0.286. The Morgan fingerprint density at radius 1 is 1.03 bits per heavy atom. The number of carbonyl (C=O) groups is 1. The van der Waals surface area contributed by atoms with Crippen LogP contribution in [-0.2, 0) is 6.54 Å². The highest BCUT2D eigenvalue weighted by molar-refractivity contribution is 5.94. The molecule has 0 saturated carbocycles. The van der Waals surface area contributed by atoms with Crippen LogP contribution < -0.4 is 10.5 Å². The van der Waals surface area contributed by atoms with Crippen molar-refractivity contribution in [2.24, 2.45) is 0 Å². The van der Waals surface area contributed by atoms with Gasteiger partial charge < -0.3 is 14.4 Å². The molecule has 29 heavy (non-hydrogen) atoms. The highest BCUT2D eigenvalue weighted by atomic mass is 19.2. The van der Waals surface area contributed by atoms with Crippen LogP contribution in [0.5, 0.6) is 0 Å². The Morgan fingerprint density at radius 2 is 1.76 bits per heavy atom. The van der Waals surface area contributed by atoms with Crippen molar-refractivity contribution >= 4 is 22.8 Å². The molecule has 1 amide bonds. The maximum Gasteiger partial charge on any atom is 0.293 e. The van der Waals surface area contributed by atoms with Crippen LogP contribution in [0.4, 0.5) is 14.6 Å². The number of benzene rings is 2. The molecule has 2 aromatic carbocycles. The number of hydrogen-bond donors (Lipinski definition) is 0. The largest absolute Gasteiger partial charge is 0.348 e. The lowest BCUT2D eigenvalue weighted by Crippen LogP contribution is -2.50. The second-order valence-corrected chi connectivity index (χ2v) is 6.88. The molecule has 0 aliphatic carbocycles. The smallest absolute Gasteiger partial charge is 0.293 e. The standard InChI is InChI=1S/C21H20F2N4O2/c1-2-27-18-6-4-3-5-17(18)24-19(21(27)29)25-9-11-26(12-10-25)20(28)14-7-8-15(22)16(23)13-14/h3-8,13H,2,9-12H2,1H3. The Kier molecular flexibility index (Phi) is 5.00. The molecule has 6 nitrogen and oxygen atoms in total. The minimum atomic E-state index is -1.05. The summed E-state index contributed by atoms with van der Waals surface area (Å²) >= 11 is 0. The molecule has 4 rings (SSSR count). The summed E-state index contributed by atoms with van der Waals surface area (Å²) in [7, 11) is 0. The van der Waals surface area contributed by atoms with E-state index in [0.29, 0.717) is 38.5 Å². The molecule has 0 radical (unpaired) electrons. The summed E-state index contributed by atoms with van der Waals surface area (Å²) in [5, 5.41) is 0. The van der Waals surface area contributed by atoms with E-state index in [0.717, 1.165) is 23.2 Å². The number of aryl methyl sites for hydroxylation is 1. The number of rotatable bonds is 3. The van der Waals surface area contributed by atoms with E-state index in [9.17, 15) is 18.4 Å². The van der Waals surface area contributed by atoms with Gasteiger partial charge in [0, 0.05) is 38.3 Å². The van der Waals surface area contributed by atoms with Gasteiger partial charge in [-0.2, -0.15) is 0 Å². The van der Waals surface area contributed by atoms with E-state index in [1.54, 1.807) is 9.47 Å². The van der Waals surface area contributed by atoms with Gasteiger partial charge in [-0.25, -0.2) is 13.8 Å². The lowest BCUT2D eigenvalue weighted by atomic mass is 10.1. The summed E-state index contributed by atoms with van der Waals surface area (Å²) in [5.41, 5.74) is 1.47. The molecule has 1 saturated heterocycles. The number of nitrogens with zero attached hydrogens (tertiary/aromatic N) is 4. The Morgan fingerprint density at radius 3 is 2.45 bits per heavy atom. The van der Waals surface area contributed by atoms with Gasteiger partial charge in [0.2, 0.25) is 0 Å². The van der Waals surface area contributed by atoms with E-state index in [2.05, 4.69) is 4.98 Å². The average Bonchev–Trinajstić information content (AvgIpc) is 2.75. The number of aromatic nitrogens is 2. The third-order valence-corrected chi connectivity index (χ3v) is 5.18. The molecule has 0 N–H and O–H groups in total. The number of amides is 1. The van der Waals surface area contributed by atoms with Crippen LogP contribution in [0.25, 0.3) is 11.0 Å². The number of fused-ring (bicyclic) bond motifs is 1. The molecular formula is C21H20F2N4O2. The lowest BCUT2D eigenvalue weighted by Gasteiger charge is -2.35. The summed E-state index contributed by atoms with van der Waals surface area (Å²) in [6.45, 7) is 4.02. The van der Waals surface area contributed by atoms with E-state index < -0.39 is 11.6 Å². The van der Waals surface area contributed by atoms with Gasteiger partial charge in [0.1, 0.15) is 0 Å². The van der Waals surface area contributed by atoms with Gasteiger partial charge in [-0.1, -0.05) is 12.1 Å². The van der Waals surface area contributed by atoms with E-state index >= 15 is 0 Å². The van der Waals surface area contributed by atoms with Crippen LogP contribution in [0.2, 0.25) is 0 Å². The number of anilines is 1. The van der Waals surface area contributed by atoms with Gasteiger partial charge in [0.05, 0.1) is 11.0 Å². The van der Waals surface area contributed by atoms with E-state index in [1.807, 2.05) is 36.1 Å². The van der Waals surface area contributed by atoms with Gasteiger partial charge in [0.25, 0.3) is 11.5 Å². The summed E-state index contributed by atoms with van der Waals surface area (Å²) in [4.78, 5) is 33.5. The SMILES string of the molecule is CCn1c(=O)c(N2CCN(C(=O)c3ccc(F)c(F)c3)CC2)nc2ccccc21. The minimum absolute atomic E-state index is 0.106. The summed E-state index contributed by atoms with van der Waals surface area (Å²) in [6.07, 6.45) is 0. The van der Waals surface area contributed by atoms with Crippen LogP contribution in [0.3, 0.4) is 0 Å². The van der Waals surface area contributed by atoms with Crippen LogP contribution >= 0.6 is 0 Å². The fourth-order valence-corrected chi connectivity index (χ4v) is 3.63. The monoisotopic (exact) mass is 398 g/mol. The van der Waals surface area contributed by atoms with E-state index in [4.69, 9.17) is 0 Å². The zero-order valence-corrected chi connectivity index (χ0v) is 15.9. The zero-order valence-electron chi connectivity index (χ0n) is 15.9. The van der Waals surface area contributed by atoms with Crippen molar-refractivity contribution < 1.29 is 13.6 Å². The van der Waals surface area contributed by atoms with Gasteiger partial charge in [-0.3, -0.25) is 9.59 Å². The van der Waals surface area contributed by atoms with E-state index in [-0.39, 0.29) is 17.0 Å². The number of para-hydroxylation sites is 2. The van der Waals surface area contributed by atoms with Gasteiger partial charge in [-0.05, 0) is 37.3 Å². The minimum Gasteiger partial charge on any atom is -0.348 e. The van der Waals surface area contributed by atoms with Crippen LogP contribution in [0, 0.1) is 11.6 Å². The summed E-state index contributed by atoms with van der Waals surface area (Å²) in [5.74, 6) is -2.03. The van der Waals surface area contributed by atoms with Crippen molar-refractivity contribution in [3.8, 4) is 0 Å². The molecule has 150 valence electrons. The van der Waals surface area contributed by atoms with E-state index in [1.165, 1.54) is 6.07 Å². The highest BCUT2D eigenvalue weighted by Gasteiger charge is 2.25. The predicted molar refractivity (Wildman–Crippen MR) is 106 cm³/mol. The topological polar surface area (TPSA) is 58.4 Å².